The van der Waals surface area contributed by atoms with E-state index in [2.05, 4.69) is 142 Å². The fraction of sp³-hybridized carbons (Fsp3) is 0.576. The van der Waals surface area contributed by atoms with E-state index in [1.54, 1.807) is 6.08 Å². The van der Waals surface area contributed by atoms with Gasteiger partial charge in [-0.25, -0.2) is 0 Å². The highest BCUT2D eigenvalue weighted by molar-refractivity contribution is 5.72. The molecular weight excluding hydrogens is 805 g/mol. The topological polar surface area (TPSA) is 78.9 Å². The monoisotopic (exact) mass is 897 g/mol. The Morgan fingerprint density at radius 1 is 0.338 bits per heavy atom. The number of carbonyl (C=O) groups excluding carboxylic acids is 3. The highest BCUT2D eigenvalue weighted by Gasteiger charge is 2.19. The summed E-state index contributed by atoms with van der Waals surface area (Å²) in [6.07, 6.45) is 73.1. The number of rotatable bonds is 44. The van der Waals surface area contributed by atoms with E-state index in [0.29, 0.717) is 19.3 Å². The number of carbonyl (C=O) groups is 3. The molecule has 0 aromatic rings. The molecule has 0 radical (unpaired) electrons. The van der Waals surface area contributed by atoms with Crippen LogP contribution in [0.1, 0.15) is 201 Å². The first kappa shape index (κ1) is 60.5. The molecule has 0 aliphatic carbocycles. The predicted molar refractivity (Wildman–Crippen MR) is 279 cm³/mol. The maximum atomic E-state index is 12.7. The zero-order valence-corrected chi connectivity index (χ0v) is 41.4. The van der Waals surface area contributed by atoms with Gasteiger partial charge in [0.15, 0.2) is 6.10 Å². The maximum Gasteiger partial charge on any atom is 0.310 e. The first-order chi connectivity index (χ1) is 32.0. The summed E-state index contributed by atoms with van der Waals surface area (Å²) in [4.78, 5) is 37.9. The summed E-state index contributed by atoms with van der Waals surface area (Å²) < 4.78 is 16.7. The second kappa shape index (κ2) is 52.2. The van der Waals surface area contributed by atoms with Crippen LogP contribution in [-0.2, 0) is 28.6 Å². The molecule has 0 rings (SSSR count). The molecular formula is C59H92O6. The molecule has 1 atom stereocenters. The maximum absolute atomic E-state index is 12.7. The van der Waals surface area contributed by atoms with Gasteiger partial charge in [0.2, 0.25) is 0 Å². The molecule has 1 unspecified atom stereocenters. The van der Waals surface area contributed by atoms with E-state index in [1.165, 1.54) is 19.3 Å². The number of ether oxygens (including phenoxy) is 3. The van der Waals surface area contributed by atoms with Crippen LogP contribution in [0.3, 0.4) is 0 Å². The second-order valence-electron chi connectivity index (χ2n) is 16.3. The lowest BCUT2D eigenvalue weighted by Gasteiger charge is -2.18. The molecule has 0 aliphatic heterocycles. The summed E-state index contributed by atoms with van der Waals surface area (Å²) in [5, 5.41) is 0. The van der Waals surface area contributed by atoms with Gasteiger partial charge >= 0.3 is 17.9 Å². The van der Waals surface area contributed by atoms with E-state index >= 15 is 0 Å². The van der Waals surface area contributed by atoms with E-state index in [1.807, 2.05) is 6.08 Å². The van der Waals surface area contributed by atoms with Gasteiger partial charge in [0.1, 0.15) is 13.2 Å². The van der Waals surface area contributed by atoms with Gasteiger partial charge in [0, 0.05) is 12.8 Å². The molecule has 0 fully saturated rings. The van der Waals surface area contributed by atoms with Crippen LogP contribution in [0.4, 0.5) is 0 Å². The Kier molecular flexibility index (Phi) is 48.6. The molecule has 6 nitrogen and oxygen atoms in total. The van der Waals surface area contributed by atoms with Gasteiger partial charge in [-0.05, 0) is 109 Å². The van der Waals surface area contributed by atoms with Crippen molar-refractivity contribution < 1.29 is 28.6 Å². The number of esters is 3. The Morgan fingerprint density at radius 3 is 1.02 bits per heavy atom. The van der Waals surface area contributed by atoms with Gasteiger partial charge in [-0.15, -0.1) is 0 Å². The molecule has 0 N–H and O–H groups in total. The van der Waals surface area contributed by atoms with Crippen LogP contribution in [0.25, 0.3) is 0 Å². The van der Waals surface area contributed by atoms with Crippen LogP contribution in [0, 0.1) is 0 Å². The molecule has 65 heavy (non-hydrogen) atoms. The fourth-order valence-electron chi connectivity index (χ4n) is 6.37. The van der Waals surface area contributed by atoms with Crippen molar-refractivity contribution in [3.8, 4) is 0 Å². The van der Waals surface area contributed by atoms with E-state index in [-0.39, 0.29) is 31.6 Å². The average Bonchev–Trinajstić information content (AvgIpc) is 3.30. The van der Waals surface area contributed by atoms with Crippen LogP contribution >= 0.6 is 0 Å². The standard InChI is InChI=1S/C59H92O6/c1-4-7-10-13-16-19-22-25-27-28-29-30-32-34-37-40-43-46-49-52-58(61)64-55-56(54-63-57(60)51-48-45-42-39-36-33-24-21-18-15-12-9-6-3)65-59(62)53-50-47-44-41-38-35-31-26-23-20-17-14-11-8-5-2/h7-8,10-12,15-17,19-21,24-27,29-31,38,41,47,50,56H,4-6,9,13-14,18,22-23,28,32-37,39-40,42-46,48-49,51-55H2,1-3H3/b10-7-,11-8-,15-12-,19-16-,20-17-,24-21-,27-25-,30-29-,31-26-,41-38-,50-47-. The van der Waals surface area contributed by atoms with Gasteiger partial charge in [-0.2, -0.15) is 0 Å². The lowest BCUT2D eigenvalue weighted by Crippen LogP contribution is -2.30. The largest absolute Gasteiger partial charge is 0.462 e. The summed E-state index contributed by atoms with van der Waals surface area (Å²) >= 11 is 0. The third kappa shape index (κ3) is 50.4. The summed E-state index contributed by atoms with van der Waals surface area (Å²) in [6, 6.07) is 0. The zero-order chi connectivity index (χ0) is 47.2. The lowest BCUT2D eigenvalue weighted by atomic mass is 10.1. The van der Waals surface area contributed by atoms with Crippen LogP contribution in [0.5, 0.6) is 0 Å². The van der Waals surface area contributed by atoms with Crippen molar-refractivity contribution in [1.82, 2.24) is 0 Å². The molecule has 0 saturated carbocycles. The van der Waals surface area contributed by atoms with Crippen molar-refractivity contribution >= 4 is 17.9 Å². The number of unbranched alkanes of at least 4 members (excludes halogenated alkanes) is 12. The fourth-order valence-corrected chi connectivity index (χ4v) is 6.37. The van der Waals surface area contributed by atoms with Crippen molar-refractivity contribution in [3.05, 3.63) is 134 Å². The Labute approximate surface area is 398 Å². The van der Waals surface area contributed by atoms with Crippen LogP contribution < -0.4 is 0 Å². The number of allylic oxidation sites excluding steroid dienone is 21. The molecule has 0 saturated heterocycles. The molecule has 364 valence electrons. The second-order valence-corrected chi connectivity index (χ2v) is 16.3. The van der Waals surface area contributed by atoms with Gasteiger partial charge in [-0.1, -0.05) is 206 Å². The van der Waals surface area contributed by atoms with E-state index in [9.17, 15) is 14.4 Å². The van der Waals surface area contributed by atoms with Gasteiger partial charge in [0.05, 0.1) is 6.42 Å². The highest BCUT2D eigenvalue weighted by atomic mass is 16.6. The Balaban J connectivity index is 4.56. The van der Waals surface area contributed by atoms with Crippen molar-refractivity contribution in [2.24, 2.45) is 0 Å². The molecule has 0 aromatic heterocycles. The molecule has 0 amide bonds. The molecule has 0 bridgehead atoms. The van der Waals surface area contributed by atoms with E-state index in [0.717, 1.165) is 135 Å². The Bertz CT molecular complexity index is 1450. The summed E-state index contributed by atoms with van der Waals surface area (Å²) in [7, 11) is 0. The third-order valence-corrected chi connectivity index (χ3v) is 10.1. The van der Waals surface area contributed by atoms with Crippen molar-refractivity contribution in [2.45, 2.75) is 207 Å². The minimum absolute atomic E-state index is 0.0845. The van der Waals surface area contributed by atoms with Crippen LogP contribution in [0.15, 0.2) is 134 Å². The Hall–Kier alpha value is -4.45. The molecule has 0 heterocycles. The summed E-state index contributed by atoms with van der Waals surface area (Å²) in [5.41, 5.74) is 0. The van der Waals surface area contributed by atoms with E-state index < -0.39 is 12.1 Å². The Morgan fingerprint density at radius 2 is 0.646 bits per heavy atom. The minimum atomic E-state index is -0.849. The average molecular weight is 897 g/mol. The van der Waals surface area contributed by atoms with Gasteiger partial charge in [0.25, 0.3) is 0 Å². The van der Waals surface area contributed by atoms with E-state index in [4.69, 9.17) is 14.2 Å². The SMILES string of the molecule is CC/C=C\C/C=C\C/C=C\C/C=C\C/C=C\CC(=O)OC(COC(=O)CCCCCCC/C=C\C/C=C\CCC)COC(=O)CCCCCCCC/C=C\C/C=C\C/C=C\C/C=C\CC. The molecule has 0 aromatic carbocycles. The zero-order valence-electron chi connectivity index (χ0n) is 41.4. The summed E-state index contributed by atoms with van der Waals surface area (Å²) in [6.45, 7) is 6.21. The smallest absolute Gasteiger partial charge is 0.310 e. The van der Waals surface area contributed by atoms with Crippen molar-refractivity contribution in [1.29, 1.82) is 0 Å². The molecule has 0 spiro atoms. The van der Waals surface area contributed by atoms with Crippen LogP contribution in [-0.4, -0.2) is 37.2 Å². The van der Waals surface area contributed by atoms with Crippen molar-refractivity contribution in [2.75, 3.05) is 13.2 Å². The molecule has 0 aliphatic rings. The van der Waals surface area contributed by atoms with Gasteiger partial charge in [-0.3, -0.25) is 14.4 Å². The van der Waals surface area contributed by atoms with Gasteiger partial charge < -0.3 is 14.2 Å². The third-order valence-electron chi connectivity index (χ3n) is 10.1. The number of hydrogen-bond donors (Lipinski definition) is 0. The normalized spacial score (nSPS) is 13.2. The predicted octanol–water partition coefficient (Wildman–Crippen LogP) is 17.1. The molecule has 6 heteroatoms. The first-order valence-corrected chi connectivity index (χ1v) is 25.7. The lowest BCUT2D eigenvalue weighted by molar-refractivity contribution is -0.166. The van der Waals surface area contributed by atoms with Crippen LogP contribution in [0.2, 0.25) is 0 Å². The first-order valence-electron chi connectivity index (χ1n) is 25.7. The number of hydrogen-bond acceptors (Lipinski definition) is 6. The quantitative estimate of drug-likeness (QED) is 0.0262. The van der Waals surface area contributed by atoms with Crippen molar-refractivity contribution in [3.63, 3.8) is 0 Å². The highest BCUT2D eigenvalue weighted by Crippen LogP contribution is 2.12. The summed E-state index contributed by atoms with van der Waals surface area (Å²) in [5.74, 6) is -1.10. The minimum Gasteiger partial charge on any atom is -0.462 e.